The lowest BCUT2D eigenvalue weighted by atomic mass is 9.99. The molecule has 1 fully saturated rings. The zero-order valence-electron chi connectivity index (χ0n) is 38.5. The monoisotopic (exact) mass is 890 g/mol. The van der Waals surface area contributed by atoms with E-state index in [1.165, 1.54) is 148 Å². The van der Waals surface area contributed by atoms with Crippen LogP contribution in [0, 0.1) is 0 Å². The highest BCUT2D eigenvalue weighted by molar-refractivity contribution is 7.80. The van der Waals surface area contributed by atoms with Gasteiger partial charge in [0.2, 0.25) is 5.91 Å². The number of allylic oxidation sites excluding steroid dienone is 3. The summed E-state index contributed by atoms with van der Waals surface area (Å²) < 4.78 is 47.5. The number of carbonyl (C=O) groups excluding carboxylic acids is 1. The predicted molar refractivity (Wildman–Crippen MR) is 245 cm³/mol. The molecule has 0 aliphatic carbocycles. The van der Waals surface area contributed by atoms with E-state index >= 15 is 0 Å². The molecule has 7 unspecified atom stereocenters. The van der Waals surface area contributed by atoms with Crippen LogP contribution in [-0.4, -0.2) is 95.4 Å². The molecule has 0 aromatic carbocycles. The molecule has 13 heteroatoms. The zero-order chi connectivity index (χ0) is 44.8. The second kappa shape index (κ2) is 39.0. The predicted octanol–water partition coefficient (Wildman–Crippen LogP) is 10.1. The van der Waals surface area contributed by atoms with Crippen molar-refractivity contribution >= 4 is 16.3 Å². The number of unbranched alkanes of at least 4 members (excludes halogenated alkanes) is 28. The number of aliphatic hydroxyl groups is 4. The summed E-state index contributed by atoms with van der Waals surface area (Å²) in [5.41, 5.74) is 0. The Kier molecular flexibility index (Phi) is 36.8. The second-order valence-electron chi connectivity index (χ2n) is 17.4. The fourth-order valence-corrected chi connectivity index (χ4v) is 8.37. The summed E-state index contributed by atoms with van der Waals surface area (Å²) in [5, 5.41) is 44.6. The Balaban J connectivity index is 2.33. The average molecular weight is 890 g/mol. The van der Waals surface area contributed by atoms with Gasteiger partial charge >= 0.3 is 10.4 Å². The third kappa shape index (κ3) is 32.0. The Hall–Kier alpha value is -1.42. The van der Waals surface area contributed by atoms with Crippen LogP contribution in [-0.2, 0) is 28.9 Å². The van der Waals surface area contributed by atoms with Crippen LogP contribution in [0.1, 0.15) is 219 Å². The Bertz CT molecular complexity index is 1190. The van der Waals surface area contributed by atoms with Gasteiger partial charge in [0.15, 0.2) is 6.29 Å². The molecule has 0 aromatic heterocycles. The first-order chi connectivity index (χ1) is 29.5. The van der Waals surface area contributed by atoms with Crippen molar-refractivity contribution in [2.45, 2.75) is 262 Å². The van der Waals surface area contributed by atoms with Crippen LogP contribution >= 0.6 is 0 Å². The minimum atomic E-state index is -5.08. The van der Waals surface area contributed by atoms with Gasteiger partial charge in [-0.05, 0) is 44.9 Å². The van der Waals surface area contributed by atoms with Crippen LogP contribution in [0.4, 0.5) is 0 Å². The normalized spacial score (nSPS) is 20.8. The molecule has 0 saturated carbocycles. The van der Waals surface area contributed by atoms with Crippen molar-refractivity contribution in [3.63, 3.8) is 0 Å². The SMILES string of the molecule is CCCCCCCCC/C=C/C(O)C(COC1OC(CO)C(O)C(OS(=O)(=O)O)C1O)NC(=O)CCCCCCCCCCC/C=C\CCCCCCCCCCCCCC. The van der Waals surface area contributed by atoms with Crippen LogP contribution in [0.2, 0.25) is 0 Å². The van der Waals surface area contributed by atoms with E-state index in [1.807, 2.05) is 6.08 Å². The molecule has 1 saturated heterocycles. The quantitative estimate of drug-likeness (QED) is 0.0194. The van der Waals surface area contributed by atoms with Gasteiger partial charge in [0.05, 0.1) is 25.4 Å². The van der Waals surface area contributed by atoms with Crippen LogP contribution in [0.5, 0.6) is 0 Å². The number of nitrogens with one attached hydrogen (secondary N) is 1. The van der Waals surface area contributed by atoms with Crippen molar-refractivity contribution in [1.29, 1.82) is 0 Å². The fraction of sp³-hybridized carbons (Fsp3) is 0.896. The molecule has 1 rings (SSSR count). The van der Waals surface area contributed by atoms with Gasteiger partial charge in [0.25, 0.3) is 0 Å². The molecular weight excluding hydrogens is 799 g/mol. The number of hydrogen-bond acceptors (Lipinski definition) is 10. The maximum Gasteiger partial charge on any atom is 0.397 e. The van der Waals surface area contributed by atoms with Gasteiger partial charge in [-0.2, -0.15) is 8.42 Å². The van der Waals surface area contributed by atoms with Crippen molar-refractivity contribution < 1.29 is 51.8 Å². The molecule has 0 aromatic rings. The third-order valence-electron chi connectivity index (χ3n) is 11.7. The van der Waals surface area contributed by atoms with Gasteiger partial charge in [0, 0.05) is 6.42 Å². The van der Waals surface area contributed by atoms with Gasteiger partial charge in [-0.3, -0.25) is 9.35 Å². The van der Waals surface area contributed by atoms with Gasteiger partial charge in [-0.25, -0.2) is 4.18 Å². The number of rotatable bonds is 42. The highest BCUT2D eigenvalue weighted by Crippen LogP contribution is 2.26. The van der Waals surface area contributed by atoms with Crippen molar-refractivity contribution in [1.82, 2.24) is 5.32 Å². The van der Waals surface area contributed by atoms with Crippen molar-refractivity contribution in [3.8, 4) is 0 Å². The largest absolute Gasteiger partial charge is 0.397 e. The molecule has 1 amide bonds. The molecule has 360 valence electrons. The van der Waals surface area contributed by atoms with Gasteiger partial charge in [-0.15, -0.1) is 0 Å². The molecular formula is C48H91NO11S. The average Bonchev–Trinajstić information content (AvgIpc) is 3.23. The summed E-state index contributed by atoms with van der Waals surface area (Å²) in [6, 6.07) is -0.941. The maximum atomic E-state index is 13.0. The number of aliphatic hydroxyl groups excluding tert-OH is 4. The lowest BCUT2D eigenvalue weighted by molar-refractivity contribution is -0.298. The van der Waals surface area contributed by atoms with Gasteiger partial charge < -0.3 is 35.2 Å². The molecule has 7 atom stereocenters. The summed E-state index contributed by atoms with van der Waals surface area (Å²) >= 11 is 0. The summed E-state index contributed by atoms with van der Waals surface area (Å²) in [6.07, 6.45) is 36.8. The molecule has 0 spiro atoms. The number of carbonyl (C=O) groups is 1. The summed E-state index contributed by atoms with van der Waals surface area (Å²) in [4.78, 5) is 13.0. The molecule has 0 radical (unpaired) electrons. The maximum absolute atomic E-state index is 13.0. The highest BCUT2D eigenvalue weighted by Gasteiger charge is 2.48. The van der Waals surface area contributed by atoms with Crippen molar-refractivity contribution in [2.24, 2.45) is 0 Å². The van der Waals surface area contributed by atoms with E-state index in [0.717, 1.165) is 44.9 Å². The lowest BCUT2D eigenvalue weighted by Gasteiger charge is -2.41. The standard InChI is InChI=1S/C48H91NO11S/c1-3-5-7-9-11-13-14-15-16-17-18-19-20-21-22-23-24-25-26-27-28-30-32-34-36-38-44(52)49-41(42(51)37-35-33-31-29-12-10-8-6-4-2)40-58-48-46(54)47(60-61(55,56)57)45(53)43(39-50)59-48/h21-22,35,37,41-43,45-48,50-51,53-54H,3-20,23-34,36,38-40H2,1-2H3,(H,49,52)(H,55,56,57)/b22-21-,37-35+. The number of ether oxygens (including phenoxy) is 2. The Labute approximate surface area is 372 Å². The minimum absolute atomic E-state index is 0.266. The van der Waals surface area contributed by atoms with Gasteiger partial charge in [-0.1, -0.05) is 192 Å². The first kappa shape index (κ1) is 57.6. The lowest BCUT2D eigenvalue weighted by Crippen LogP contribution is -2.61. The van der Waals surface area contributed by atoms with Gasteiger partial charge in [0.1, 0.15) is 24.4 Å². The van der Waals surface area contributed by atoms with E-state index in [1.54, 1.807) is 6.08 Å². The van der Waals surface area contributed by atoms with E-state index < -0.39 is 59.9 Å². The Morgan fingerprint density at radius 3 is 1.48 bits per heavy atom. The molecule has 0 bridgehead atoms. The molecule has 1 aliphatic rings. The fourth-order valence-electron chi connectivity index (χ4n) is 7.86. The molecule has 6 N–H and O–H groups in total. The van der Waals surface area contributed by atoms with Crippen LogP contribution in [0.3, 0.4) is 0 Å². The third-order valence-corrected chi connectivity index (χ3v) is 12.2. The van der Waals surface area contributed by atoms with Crippen LogP contribution in [0.15, 0.2) is 24.3 Å². The second-order valence-corrected chi connectivity index (χ2v) is 18.4. The summed E-state index contributed by atoms with van der Waals surface area (Å²) in [6.45, 7) is 3.36. The Morgan fingerprint density at radius 1 is 0.639 bits per heavy atom. The molecule has 12 nitrogen and oxygen atoms in total. The van der Waals surface area contributed by atoms with Crippen LogP contribution in [0.25, 0.3) is 0 Å². The molecule has 1 heterocycles. The zero-order valence-corrected chi connectivity index (χ0v) is 39.3. The van der Waals surface area contributed by atoms with E-state index in [0.29, 0.717) is 6.42 Å². The van der Waals surface area contributed by atoms with Crippen LogP contribution < -0.4 is 5.32 Å². The van der Waals surface area contributed by atoms with E-state index in [2.05, 4.69) is 35.5 Å². The van der Waals surface area contributed by atoms with E-state index in [9.17, 15) is 33.6 Å². The smallest absolute Gasteiger partial charge is 0.394 e. The first-order valence-corrected chi connectivity index (χ1v) is 26.1. The molecule has 1 aliphatic heterocycles. The molecule has 61 heavy (non-hydrogen) atoms. The highest BCUT2D eigenvalue weighted by atomic mass is 32.3. The number of amides is 1. The number of hydrogen-bond donors (Lipinski definition) is 6. The van der Waals surface area contributed by atoms with E-state index in [-0.39, 0.29) is 18.9 Å². The topological polar surface area (TPSA) is 192 Å². The van der Waals surface area contributed by atoms with Crippen molar-refractivity contribution in [2.75, 3.05) is 13.2 Å². The van der Waals surface area contributed by atoms with Crippen molar-refractivity contribution in [3.05, 3.63) is 24.3 Å². The van der Waals surface area contributed by atoms with E-state index in [4.69, 9.17) is 14.0 Å². The first-order valence-electron chi connectivity index (χ1n) is 24.7. The summed E-state index contributed by atoms with van der Waals surface area (Å²) in [7, 11) is -5.08. The Morgan fingerprint density at radius 2 is 1.05 bits per heavy atom. The minimum Gasteiger partial charge on any atom is -0.394 e. The summed E-state index contributed by atoms with van der Waals surface area (Å²) in [5.74, 6) is -0.266.